The molecule has 3 aromatic heterocycles. The lowest BCUT2D eigenvalue weighted by molar-refractivity contribution is -0.140. The average Bonchev–Trinajstić information content (AvgIpc) is 3.01. The highest BCUT2D eigenvalue weighted by atomic mass is 32.2. The van der Waals surface area contributed by atoms with E-state index in [1.54, 1.807) is 32.4 Å². The maximum absolute atomic E-state index is 13.1. The molecule has 0 aliphatic rings. The van der Waals surface area contributed by atoms with E-state index in [9.17, 15) is 18.0 Å². The van der Waals surface area contributed by atoms with E-state index >= 15 is 0 Å². The summed E-state index contributed by atoms with van der Waals surface area (Å²) in [5.41, 5.74) is -0.0336. The maximum Gasteiger partial charge on any atom is 0.419 e. The summed E-state index contributed by atoms with van der Waals surface area (Å²) >= 11 is 0.751. The second-order valence-corrected chi connectivity index (χ2v) is 6.47. The summed E-state index contributed by atoms with van der Waals surface area (Å²) in [6.45, 7) is 0. The van der Waals surface area contributed by atoms with E-state index in [1.807, 2.05) is 0 Å². The number of carbonyl (C=O) groups is 1. The first-order valence-electron chi connectivity index (χ1n) is 7.69. The van der Waals surface area contributed by atoms with Crippen molar-refractivity contribution >= 4 is 23.4 Å². The van der Waals surface area contributed by atoms with E-state index in [4.69, 9.17) is 0 Å². The van der Waals surface area contributed by atoms with Gasteiger partial charge in [-0.15, -0.1) is 0 Å². The lowest BCUT2D eigenvalue weighted by Gasteiger charge is -2.17. The maximum atomic E-state index is 13.1. The lowest BCUT2D eigenvalue weighted by Crippen LogP contribution is -2.28. The Morgan fingerprint density at radius 3 is 2.56 bits per heavy atom. The first-order chi connectivity index (χ1) is 12.8. The van der Waals surface area contributed by atoms with Gasteiger partial charge in [-0.2, -0.15) is 13.2 Å². The van der Waals surface area contributed by atoms with E-state index in [0.717, 1.165) is 17.8 Å². The van der Waals surface area contributed by atoms with Crippen molar-refractivity contribution in [3.8, 4) is 0 Å². The third-order valence-electron chi connectivity index (χ3n) is 3.77. The molecular weight excluding hydrogens is 379 g/mol. The summed E-state index contributed by atoms with van der Waals surface area (Å²) in [5.74, 6) is -0.359. The molecule has 0 fully saturated rings. The van der Waals surface area contributed by atoms with Crippen LogP contribution in [0.15, 0.2) is 59.2 Å². The van der Waals surface area contributed by atoms with Gasteiger partial charge in [0.05, 0.1) is 23.6 Å². The molecule has 3 aromatic rings. The fourth-order valence-corrected chi connectivity index (χ4v) is 3.22. The van der Waals surface area contributed by atoms with Crippen LogP contribution in [0.1, 0.15) is 16.1 Å². The van der Waals surface area contributed by atoms with Crippen molar-refractivity contribution < 1.29 is 18.0 Å². The number of hydrogen-bond acceptors (Lipinski definition) is 5. The molecule has 10 heteroatoms. The number of carbonyl (C=O) groups excluding carboxylic acids is 1. The van der Waals surface area contributed by atoms with Gasteiger partial charge in [-0.1, -0.05) is 0 Å². The minimum absolute atomic E-state index is 0.224. The molecule has 3 rings (SSSR count). The zero-order valence-corrected chi connectivity index (χ0v) is 15.1. The van der Waals surface area contributed by atoms with E-state index in [2.05, 4.69) is 15.0 Å². The van der Waals surface area contributed by atoms with Crippen LogP contribution in [0.4, 0.5) is 18.9 Å². The Labute approximate surface area is 157 Å². The topological polar surface area (TPSA) is 63.9 Å². The third-order valence-corrected chi connectivity index (χ3v) is 4.85. The predicted molar refractivity (Wildman–Crippen MR) is 93.5 cm³/mol. The van der Waals surface area contributed by atoms with E-state index in [-0.39, 0.29) is 21.8 Å². The number of pyridine rings is 2. The first-order valence-corrected chi connectivity index (χ1v) is 8.50. The van der Waals surface area contributed by atoms with Crippen LogP contribution in [0, 0.1) is 0 Å². The van der Waals surface area contributed by atoms with Crippen LogP contribution < -0.4 is 4.90 Å². The monoisotopic (exact) mass is 393 g/mol. The zero-order valence-electron chi connectivity index (χ0n) is 14.3. The van der Waals surface area contributed by atoms with Crippen molar-refractivity contribution in [2.75, 3.05) is 11.9 Å². The van der Waals surface area contributed by atoms with Crippen LogP contribution in [0.2, 0.25) is 0 Å². The number of rotatable bonds is 4. The SMILES string of the molecule is CN(C(=O)c1cnc(Sc2ncccc2C(F)(F)F)n1C)c1cccnc1. The molecule has 0 aliphatic heterocycles. The number of aromatic nitrogens is 4. The van der Waals surface area contributed by atoms with Crippen LogP contribution in [-0.4, -0.2) is 32.5 Å². The van der Waals surface area contributed by atoms with E-state index < -0.39 is 11.7 Å². The first kappa shape index (κ1) is 18.9. The van der Waals surface area contributed by atoms with Crippen LogP contribution >= 0.6 is 11.8 Å². The molecular formula is C17H14F3N5OS. The molecule has 0 unspecified atom stereocenters. The normalized spacial score (nSPS) is 11.4. The molecule has 0 aromatic carbocycles. The average molecular weight is 393 g/mol. The lowest BCUT2D eigenvalue weighted by atomic mass is 10.3. The van der Waals surface area contributed by atoms with Gasteiger partial charge in [0.1, 0.15) is 10.7 Å². The van der Waals surface area contributed by atoms with Crippen molar-refractivity contribution in [1.82, 2.24) is 19.5 Å². The van der Waals surface area contributed by atoms with Crippen LogP contribution in [0.3, 0.4) is 0 Å². The van der Waals surface area contributed by atoms with Crippen molar-refractivity contribution in [1.29, 1.82) is 0 Å². The Morgan fingerprint density at radius 2 is 1.89 bits per heavy atom. The number of anilines is 1. The number of alkyl halides is 3. The number of imidazole rings is 1. The highest BCUT2D eigenvalue weighted by molar-refractivity contribution is 7.99. The largest absolute Gasteiger partial charge is 0.419 e. The van der Waals surface area contributed by atoms with Crippen molar-refractivity contribution in [2.45, 2.75) is 16.4 Å². The Morgan fingerprint density at radius 1 is 1.15 bits per heavy atom. The summed E-state index contributed by atoms with van der Waals surface area (Å²) < 4.78 is 40.8. The molecule has 0 N–H and O–H groups in total. The molecule has 0 saturated heterocycles. The Bertz CT molecular complexity index is 959. The van der Waals surface area contributed by atoms with Gasteiger partial charge in [-0.05, 0) is 36.0 Å². The van der Waals surface area contributed by atoms with Gasteiger partial charge in [-0.25, -0.2) is 9.97 Å². The highest BCUT2D eigenvalue weighted by Gasteiger charge is 2.34. The van der Waals surface area contributed by atoms with Crippen LogP contribution in [0.25, 0.3) is 0 Å². The molecule has 0 bridgehead atoms. The fraction of sp³-hybridized carbons (Fsp3) is 0.176. The molecule has 27 heavy (non-hydrogen) atoms. The number of nitrogens with zero attached hydrogens (tertiary/aromatic N) is 5. The van der Waals surface area contributed by atoms with Gasteiger partial charge in [0.25, 0.3) is 5.91 Å². The number of hydrogen-bond donors (Lipinski definition) is 0. The Balaban J connectivity index is 1.88. The molecule has 1 amide bonds. The zero-order chi connectivity index (χ0) is 19.6. The molecule has 0 radical (unpaired) electrons. The fourth-order valence-electron chi connectivity index (χ4n) is 2.30. The van der Waals surface area contributed by atoms with Crippen molar-refractivity contribution in [3.05, 3.63) is 60.3 Å². The molecule has 0 aliphatic carbocycles. The molecule has 140 valence electrons. The van der Waals surface area contributed by atoms with Gasteiger partial charge in [0, 0.05) is 26.5 Å². The summed E-state index contributed by atoms with van der Waals surface area (Å²) in [5, 5.41) is 0.000416. The molecule has 3 heterocycles. The van der Waals surface area contributed by atoms with Crippen LogP contribution in [-0.2, 0) is 13.2 Å². The summed E-state index contributed by atoms with van der Waals surface area (Å²) in [6.07, 6.45) is 1.20. The number of halogens is 3. The van der Waals surface area contributed by atoms with E-state index in [0.29, 0.717) is 5.69 Å². The Hall–Kier alpha value is -2.88. The van der Waals surface area contributed by atoms with Gasteiger partial charge in [-0.3, -0.25) is 9.78 Å². The standard InChI is InChI=1S/C17H14F3N5OS/c1-24(11-5-3-7-21-9-11)15(26)13-10-23-16(25(13)2)27-14-12(17(18,19)20)6-4-8-22-14/h3-10H,1-2H3. The van der Waals surface area contributed by atoms with Crippen molar-refractivity contribution in [3.63, 3.8) is 0 Å². The smallest absolute Gasteiger partial charge is 0.318 e. The predicted octanol–water partition coefficient (Wildman–Crippen LogP) is 3.66. The molecule has 0 saturated carbocycles. The van der Waals surface area contributed by atoms with Gasteiger partial charge >= 0.3 is 6.18 Å². The summed E-state index contributed by atoms with van der Waals surface area (Å²) in [7, 11) is 3.15. The number of amides is 1. The third kappa shape index (κ3) is 3.95. The molecule has 6 nitrogen and oxygen atoms in total. The second-order valence-electron chi connectivity index (χ2n) is 5.52. The van der Waals surface area contributed by atoms with E-state index in [1.165, 1.54) is 34.1 Å². The minimum atomic E-state index is -4.53. The van der Waals surface area contributed by atoms with Gasteiger partial charge < -0.3 is 9.47 Å². The van der Waals surface area contributed by atoms with Crippen molar-refractivity contribution in [2.24, 2.45) is 7.05 Å². The molecule has 0 spiro atoms. The van der Waals surface area contributed by atoms with Gasteiger partial charge in [0.2, 0.25) is 0 Å². The van der Waals surface area contributed by atoms with Gasteiger partial charge in [0.15, 0.2) is 5.16 Å². The molecule has 0 atom stereocenters. The summed E-state index contributed by atoms with van der Waals surface area (Å²) in [4.78, 5) is 25.9. The van der Waals surface area contributed by atoms with Crippen LogP contribution in [0.5, 0.6) is 0 Å². The quantitative estimate of drug-likeness (QED) is 0.677. The Kier molecular flexibility index (Phi) is 5.17. The highest BCUT2D eigenvalue weighted by Crippen LogP contribution is 2.37. The minimum Gasteiger partial charge on any atom is -0.318 e. The second kappa shape index (κ2) is 7.39. The summed E-state index contributed by atoms with van der Waals surface area (Å²) in [6, 6.07) is 5.60.